The topological polar surface area (TPSA) is 43.5 Å². The normalized spacial score (nSPS) is 27.3. The molecule has 0 aromatic carbocycles. The molecule has 0 saturated carbocycles. The van der Waals surface area contributed by atoms with Gasteiger partial charge in [-0.3, -0.25) is 0 Å². The van der Waals surface area contributed by atoms with Crippen molar-refractivity contribution in [1.82, 2.24) is 0 Å². The molecule has 118 valence electrons. The van der Waals surface area contributed by atoms with Crippen molar-refractivity contribution in [3.8, 4) is 0 Å². The van der Waals surface area contributed by atoms with Crippen molar-refractivity contribution in [2.24, 2.45) is 0 Å². The highest BCUT2D eigenvalue weighted by molar-refractivity contribution is 4.94. The van der Waals surface area contributed by atoms with E-state index in [0.717, 1.165) is 39.3 Å². The highest BCUT2D eigenvalue weighted by atomic mass is 16.6. The average molecular weight is 286 g/mol. The number of ether oxygens (including phenoxy) is 4. The molecular weight excluding hydrogens is 256 g/mol. The second-order valence-electron chi connectivity index (χ2n) is 5.83. The molecule has 2 heterocycles. The lowest BCUT2D eigenvalue weighted by Crippen LogP contribution is -2.40. The van der Waals surface area contributed by atoms with Crippen LogP contribution in [-0.4, -0.2) is 50.8 Å². The lowest BCUT2D eigenvalue weighted by Gasteiger charge is -2.25. The Morgan fingerprint density at radius 3 is 1.50 bits per heavy atom. The Bertz CT molecular complexity index is 225. The Balaban J connectivity index is 1.74. The van der Waals surface area contributed by atoms with Crippen molar-refractivity contribution in [1.29, 1.82) is 0 Å². The van der Waals surface area contributed by atoms with E-state index in [-0.39, 0.29) is 24.4 Å². The van der Waals surface area contributed by atoms with Gasteiger partial charge in [-0.05, 0) is 12.8 Å². The summed E-state index contributed by atoms with van der Waals surface area (Å²) >= 11 is 0. The zero-order valence-corrected chi connectivity index (χ0v) is 13.0. The maximum absolute atomic E-state index is 6.06. The van der Waals surface area contributed by atoms with Crippen LogP contribution in [0.4, 0.5) is 0 Å². The molecule has 2 saturated heterocycles. The number of hydrogen-bond donors (Lipinski definition) is 0. The lowest BCUT2D eigenvalue weighted by atomic mass is 10.1. The van der Waals surface area contributed by atoms with Gasteiger partial charge in [-0.1, -0.05) is 39.5 Å². The first-order valence-electron chi connectivity index (χ1n) is 8.33. The van der Waals surface area contributed by atoms with E-state index >= 15 is 0 Å². The fraction of sp³-hybridized carbons (Fsp3) is 1.00. The van der Waals surface area contributed by atoms with Crippen LogP contribution in [0.2, 0.25) is 0 Å². The molecule has 0 bridgehead atoms. The third-order valence-electron chi connectivity index (χ3n) is 3.89. The van der Waals surface area contributed by atoms with Crippen LogP contribution in [0.5, 0.6) is 0 Å². The van der Waals surface area contributed by atoms with Crippen molar-refractivity contribution in [3.63, 3.8) is 0 Å². The highest BCUT2D eigenvalue weighted by Gasteiger charge is 2.47. The summed E-state index contributed by atoms with van der Waals surface area (Å²) in [7, 11) is 0. The summed E-state index contributed by atoms with van der Waals surface area (Å²) in [5.41, 5.74) is 0. The van der Waals surface area contributed by atoms with E-state index in [2.05, 4.69) is 13.8 Å². The minimum absolute atomic E-state index is 0.0565. The number of epoxide rings is 2. The second-order valence-corrected chi connectivity index (χ2v) is 5.83. The third kappa shape index (κ3) is 5.68. The van der Waals surface area contributed by atoms with Gasteiger partial charge in [0.05, 0.1) is 13.2 Å². The zero-order valence-electron chi connectivity index (χ0n) is 13.0. The van der Waals surface area contributed by atoms with E-state index in [1.165, 1.54) is 25.7 Å². The summed E-state index contributed by atoms with van der Waals surface area (Å²) < 4.78 is 23.0. The van der Waals surface area contributed by atoms with Crippen LogP contribution >= 0.6 is 0 Å². The molecule has 4 nitrogen and oxygen atoms in total. The molecular formula is C16H30O4. The predicted octanol–water partition coefficient (Wildman–Crippen LogP) is 2.93. The first-order valence-corrected chi connectivity index (χ1v) is 8.33. The van der Waals surface area contributed by atoms with Gasteiger partial charge in [-0.2, -0.15) is 0 Å². The standard InChI is InChI=1S/C16H30O4/c1-3-5-7-9-17-15(13-11-19-13)16(14-12-20-14)18-10-8-6-4-2/h13-16H,3-12H2,1-2H3/t13-,14-,15-,16-/m1/s1. The molecule has 0 amide bonds. The van der Waals surface area contributed by atoms with Crippen LogP contribution < -0.4 is 0 Å². The van der Waals surface area contributed by atoms with E-state index in [1.54, 1.807) is 0 Å². The molecule has 2 fully saturated rings. The fourth-order valence-corrected chi connectivity index (χ4v) is 2.46. The summed E-state index contributed by atoms with van der Waals surface area (Å²) in [4.78, 5) is 0. The van der Waals surface area contributed by atoms with E-state index in [9.17, 15) is 0 Å². The molecule has 0 radical (unpaired) electrons. The van der Waals surface area contributed by atoms with Gasteiger partial charge in [0.25, 0.3) is 0 Å². The molecule has 0 spiro atoms. The molecule has 2 rings (SSSR count). The maximum Gasteiger partial charge on any atom is 0.115 e. The van der Waals surface area contributed by atoms with Gasteiger partial charge >= 0.3 is 0 Å². The van der Waals surface area contributed by atoms with Gasteiger partial charge in [0.1, 0.15) is 24.4 Å². The Morgan fingerprint density at radius 1 is 0.800 bits per heavy atom. The van der Waals surface area contributed by atoms with Crippen molar-refractivity contribution >= 4 is 0 Å². The summed E-state index contributed by atoms with van der Waals surface area (Å²) in [5.74, 6) is 0. The number of rotatable bonds is 13. The molecule has 20 heavy (non-hydrogen) atoms. The van der Waals surface area contributed by atoms with E-state index < -0.39 is 0 Å². The zero-order chi connectivity index (χ0) is 14.2. The highest BCUT2D eigenvalue weighted by Crippen LogP contribution is 2.29. The molecule has 0 aliphatic carbocycles. The van der Waals surface area contributed by atoms with Crippen molar-refractivity contribution in [2.45, 2.75) is 76.8 Å². The first-order chi connectivity index (χ1) is 9.86. The van der Waals surface area contributed by atoms with Crippen LogP contribution in [0.3, 0.4) is 0 Å². The van der Waals surface area contributed by atoms with Gasteiger partial charge in [0.2, 0.25) is 0 Å². The minimum Gasteiger partial charge on any atom is -0.373 e. The summed E-state index contributed by atoms with van der Waals surface area (Å²) in [6.07, 6.45) is 7.67. The van der Waals surface area contributed by atoms with E-state index in [0.29, 0.717) is 0 Å². The largest absolute Gasteiger partial charge is 0.373 e. The van der Waals surface area contributed by atoms with Crippen LogP contribution in [0.1, 0.15) is 52.4 Å². The summed E-state index contributed by atoms with van der Waals surface area (Å²) in [6.45, 7) is 7.64. The number of unbranched alkanes of at least 4 members (excludes halogenated alkanes) is 4. The summed E-state index contributed by atoms with van der Waals surface area (Å²) in [5, 5.41) is 0. The quantitative estimate of drug-likeness (QED) is 0.386. The summed E-state index contributed by atoms with van der Waals surface area (Å²) in [6, 6.07) is 0. The molecule has 0 unspecified atom stereocenters. The monoisotopic (exact) mass is 286 g/mol. The lowest BCUT2D eigenvalue weighted by molar-refractivity contribution is -0.0937. The van der Waals surface area contributed by atoms with E-state index in [1.807, 2.05) is 0 Å². The predicted molar refractivity (Wildman–Crippen MR) is 78.0 cm³/mol. The Kier molecular flexibility index (Phi) is 7.28. The van der Waals surface area contributed by atoms with Gasteiger partial charge in [-0.15, -0.1) is 0 Å². The maximum atomic E-state index is 6.06. The molecule has 0 N–H and O–H groups in total. The third-order valence-corrected chi connectivity index (χ3v) is 3.89. The Labute approximate surface area is 123 Å². The smallest absolute Gasteiger partial charge is 0.115 e. The van der Waals surface area contributed by atoms with Crippen molar-refractivity contribution in [2.75, 3.05) is 26.4 Å². The Hall–Kier alpha value is -0.160. The van der Waals surface area contributed by atoms with Gasteiger partial charge in [0, 0.05) is 13.2 Å². The second kappa shape index (κ2) is 8.98. The van der Waals surface area contributed by atoms with Gasteiger partial charge in [-0.25, -0.2) is 0 Å². The van der Waals surface area contributed by atoms with Crippen LogP contribution in [0.15, 0.2) is 0 Å². The molecule has 4 atom stereocenters. The van der Waals surface area contributed by atoms with Crippen molar-refractivity contribution < 1.29 is 18.9 Å². The molecule has 0 aromatic rings. The molecule has 2 aliphatic rings. The van der Waals surface area contributed by atoms with Gasteiger partial charge < -0.3 is 18.9 Å². The van der Waals surface area contributed by atoms with Gasteiger partial charge in [0.15, 0.2) is 0 Å². The first kappa shape index (κ1) is 16.2. The molecule has 0 aromatic heterocycles. The van der Waals surface area contributed by atoms with E-state index in [4.69, 9.17) is 18.9 Å². The Morgan fingerprint density at radius 2 is 1.20 bits per heavy atom. The van der Waals surface area contributed by atoms with Crippen LogP contribution in [0.25, 0.3) is 0 Å². The fourth-order valence-electron chi connectivity index (χ4n) is 2.46. The number of hydrogen-bond acceptors (Lipinski definition) is 4. The van der Waals surface area contributed by atoms with Crippen LogP contribution in [-0.2, 0) is 18.9 Å². The molecule has 2 aliphatic heterocycles. The van der Waals surface area contributed by atoms with Crippen molar-refractivity contribution in [3.05, 3.63) is 0 Å². The minimum atomic E-state index is 0.0565. The average Bonchev–Trinajstić information content (AvgIpc) is 3.31. The SMILES string of the molecule is CCCCCO[C@@H]([C@H](OCCCCC)[C@H]1CO1)[C@H]1CO1. The molecule has 4 heteroatoms. The van der Waals surface area contributed by atoms with Crippen LogP contribution in [0, 0.1) is 0 Å².